The third-order valence-electron chi connectivity index (χ3n) is 3.17. The molecule has 1 aliphatic heterocycles. The Morgan fingerprint density at radius 1 is 1.41 bits per heavy atom. The molecule has 1 aromatic carbocycles. The van der Waals surface area contributed by atoms with E-state index < -0.39 is 5.79 Å². The first-order chi connectivity index (χ1) is 8.15. The molecule has 92 valence electrons. The minimum atomic E-state index is -1.15. The van der Waals surface area contributed by atoms with Gasteiger partial charge in [0.25, 0.3) is 0 Å². The second-order valence-electron chi connectivity index (χ2n) is 4.49. The van der Waals surface area contributed by atoms with Gasteiger partial charge >= 0.3 is 0 Å². The Hall–Kier alpha value is -1.19. The predicted molar refractivity (Wildman–Crippen MR) is 68.1 cm³/mol. The van der Waals surface area contributed by atoms with E-state index in [0.717, 1.165) is 12.0 Å². The van der Waals surface area contributed by atoms with Gasteiger partial charge in [-0.3, -0.25) is 4.99 Å². The van der Waals surface area contributed by atoms with Crippen LogP contribution in [0.3, 0.4) is 0 Å². The fourth-order valence-electron chi connectivity index (χ4n) is 2.13. The van der Waals surface area contributed by atoms with Gasteiger partial charge in [0, 0.05) is 6.42 Å². The maximum absolute atomic E-state index is 10.3. The van der Waals surface area contributed by atoms with Crippen LogP contribution in [0.25, 0.3) is 0 Å². The molecule has 17 heavy (non-hydrogen) atoms. The Morgan fingerprint density at radius 2 is 2.12 bits per heavy atom. The summed E-state index contributed by atoms with van der Waals surface area (Å²) in [6.45, 7) is 4.31. The number of rotatable bonds is 3. The smallest absolute Gasteiger partial charge is 0.205 e. The van der Waals surface area contributed by atoms with Crippen molar-refractivity contribution in [2.24, 2.45) is 4.99 Å². The summed E-state index contributed by atoms with van der Waals surface area (Å²) in [6.07, 6.45) is 1.48. The molecular formula is C14H19NO2. The Balaban J connectivity index is 2.19. The zero-order chi connectivity index (χ0) is 12.3. The zero-order valence-corrected chi connectivity index (χ0v) is 10.4. The highest BCUT2D eigenvalue weighted by molar-refractivity contribution is 5.89. The highest BCUT2D eigenvalue weighted by atomic mass is 16.6. The maximum atomic E-state index is 10.3. The molecule has 0 fully saturated rings. The van der Waals surface area contributed by atoms with E-state index in [9.17, 15) is 5.11 Å². The van der Waals surface area contributed by atoms with Gasteiger partial charge in [-0.2, -0.15) is 0 Å². The number of nitrogens with zero attached hydrogens (tertiary/aromatic N) is 1. The molecule has 0 spiro atoms. The summed E-state index contributed by atoms with van der Waals surface area (Å²) >= 11 is 0. The standard InChI is InChI=1S/C14H19NO2/c1-3-9-14(16)11(2)15-13(10-17-14)12-7-5-4-6-8-12/h4-8,13,16H,3,9-10H2,1-2H3/t13-,14-/m0/s1. The van der Waals surface area contributed by atoms with Crippen LogP contribution < -0.4 is 0 Å². The highest BCUT2D eigenvalue weighted by Gasteiger charge is 2.35. The first-order valence-electron chi connectivity index (χ1n) is 6.12. The average Bonchev–Trinajstić information content (AvgIpc) is 2.34. The van der Waals surface area contributed by atoms with Crippen LogP contribution in [0.1, 0.15) is 38.3 Å². The first-order valence-corrected chi connectivity index (χ1v) is 6.12. The zero-order valence-electron chi connectivity index (χ0n) is 10.4. The molecule has 0 aromatic heterocycles. The van der Waals surface area contributed by atoms with Gasteiger partial charge < -0.3 is 9.84 Å². The van der Waals surface area contributed by atoms with Crippen molar-refractivity contribution >= 4 is 5.71 Å². The lowest BCUT2D eigenvalue weighted by Crippen LogP contribution is -2.44. The lowest BCUT2D eigenvalue weighted by molar-refractivity contribution is -0.165. The third kappa shape index (κ3) is 2.56. The molecule has 0 saturated heterocycles. The van der Waals surface area contributed by atoms with Gasteiger partial charge in [0.05, 0.1) is 18.4 Å². The van der Waals surface area contributed by atoms with Gasteiger partial charge in [0.15, 0.2) is 0 Å². The van der Waals surface area contributed by atoms with Crippen LogP contribution in [0.15, 0.2) is 35.3 Å². The van der Waals surface area contributed by atoms with Crippen molar-refractivity contribution in [2.45, 2.75) is 38.5 Å². The van der Waals surface area contributed by atoms with Crippen molar-refractivity contribution in [3.05, 3.63) is 35.9 Å². The molecular weight excluding hydrogens is 214 g/mol. The fourth-order valence-corrected chi connectivity index (χ4v) is 2.13. The maximum Gasteiger partial charge on any atom is 0.205 e. The molecule has 0 radical (unpaired) electrons. The highest BCUT2D eigenvalue weighted by Crippen LogP contribution is 2.29. The number of hydrogen-bond acceptors (Lipinski definition) is 3. The summed E-state index contributed by atoms with van der Waals surface area (Å²) < 4.78 is 5.61. The van der Waals surface area contributed by atoms with Crippen LogP contribution >= 0.6 is 0 Å². The van der Waals surface area contributed by atoms with E-state index in [1.165, 1.54) is 0 Å². The number of benzene rings is 1. The van der Waals surface area contributed by atoms with Gasteiger partial charge in [-0.15, -0.1) is 0 Å². The molecule has 0 amide bonds. The summed E-state index contributed by atoms with van der Waals surface area (Å²) in [7, 11) is 0. The Bertz CT molecular complexity index is 402. The molecule has 3 nitrogen and oxygen atoms in total. The van der Waals surface area contributed by atoms with Gasteiger partial charge in [-0.05, 0) is 12.5 Å². The number of ether oxygens (including phenoxy) is 1. The second-order valence-corrected chi connectivity index (χ2v) is 4.49. The Morgan fingerprint density at radius 3 is 2.71 bits per heavy atom. The Kier molecular flexibility index (Phi) is 3.60. The molecule has 0 aliphatic carbocycles. The van der Waals surface area contributed by atoms with Crippen molar-refractivity contribution in [1.82, 2.24) is 0 Å². The molecule has 3 heteroatoms. The topological polar surface area (TPSA) is 41.8 Å². The van der Waals surface area contributed by atoms with Gasteiger partial charge in [0.1, 0.15) is 0 Å². The fraction of sp³-hybridized carbons (Fsp3) is 0.500. The van der Waals surface area contributed by atoms with E-state index >= 15 is 0 Å². The molecule has 2 atom stereocenters. The largest absolute Gasteiger partial charge is 0.361 e. The molecule has 0 saturated carbocycles. The Labute approximate surface area is 102 Å². The summed E-state index contributed by atoms with van der Waals surface area (Å²) in [5, 5.41) is 10.3. The quantitative estimate of drug-likeness (QED) is 0.872. The number of aliphatic hydroxyl groups is 1. The number of aliphatic imine (C=N–C) groups is 1. The second kappa shape index (κ2) is 4.98. The first kappa shape index (κ1) is 12.3. The van der Waals surface area contributed by atoms with Crippen molar-refractivity contribution in [3.8, 4) is 0 Å². The van der Waals surface area contributed by atoms with Crippen molar-refractivity contribution < 1.29 is 9.84 Å². The van der Waals surface area contributed by atoms with Crippen LogP contribution in [0.2, 0.25) is 0 Å². The molecule has 1 heterocycles. The lowest BCUT2D eigenvalue weighted by atomic mass is 10.0. The van der Waals surface area contributed by atoms with Crippen molar-refractivity contribution in [2.75, 3.05) is 6.61 Å². The molecule has 2 rings (SSSR count). The third-order valence-corrected chi connectivity index (χ3v) is 3.17. The van der Waals surface area contributed by atoms with Gasteiger partial charge in [-0.1, -0.05) is 43.7 Å². The molecule has 1 aliphatic rings. The van der Waals surface area contributed by atoms with Crippen molar-refractivity contribution in [1.29, 1.82) is 0 Å². The van der Waals surface area contributed by atoms with Crippen molar-refractivity contribution in [3.63, 3.8) is 0 Å². The summed E-state index contributed by atoms with van der Waals surface area (Å²) in [5.74, 6) is -1.15. The van der Waals surface area contributed by atoms with Crippen LogP contribution in [-0.4, -0.2) is 23.2 Å². The van der Waals surface area contributed by atoms with E-state index in [1.807, 2.05) is 44.2 Å². The minimum absolute atomic E-state index is 0.00771. The van der Waals surface area contributed by atoms with E-state index in [1.54, 1.807) is 0 Å². The predicted octanol–water partition coefficient (Wildman–Crippen LogP) is 2.71. The van der Waals surface area contributed by atoms with E-state index in [4.69, 9.17) is 4.74 Å². The summed E-state index contributed by atoms with van der Waals surface area (Å²) in [4.78, 5) is 4.57. The minimum Gasteiger partial charge on any atom is -0.361 e. The van der Waals surface area contributed by atoms with Gasteiger partial charge in [0.2, 0.25) is 5.79 Å². The number of hydrogen-bond donors (Lipinski definition) is 1. The van der Waals surface area contributed by atoms with Crippen LogP contribution in [0.4, 0.5) is 0 Å². The van der Waals surface area contributed by atoms with Crippen LogP contribution in [-0.2, 0) is 4.74 Å². The van der Waals surface area contributed by atoms with Gasteiger partial charge in [-0.25, -0.2) is 0 Å². The summed E-state index contributed by atoms with van der Waals surface area (Å²) in [6, 6.07) is 10.1. The average molecular weight is 233 g/mol. The summed E-state index contributed by atoms with van der Waals surface area (Å²) in [5.41, 5.74) is 1.81. The SMILES string of the molecule is CCC[C@]1(O)OC[C@@H](c2ccccc2)N=C1C. The lowest BCUT2D eigenvalue weighted by Gasteiger charge is -2.34. The molecule has 1 N–H and O–H groups in total. The van der Waals surface area contributed by atoms with Crippen LogP contribution in [0.5, 0.6) is 0 Å². The van der Waals surface area contributed by atoms with E-state index in [2.05, 4.69) is 4.99 Å². The van der Waals surface area contributed by atoms with E-state index in [0.29, 0.717) is 18.7 Å². The van der Waals surface area contributed by atoms with E-state index in [-0.39, 0.29) is 6.04 Å². The molecule has 1 aromatic rings. The monoisotopic (exact) mass is 233 g/mol. The molecule has 0 unspecified atom stereocenters. The normalized spacial score (nSPS) is 28.9. The van der Waals surface area contributed by atoms with Crippen LogP contribution in [0, 0.1) is 0 Å². The molecule has 0 bridgehead atoms.